The summed E-state index contributed by atoms with van der Waals surface area (Å²) in [6, 6.07) is 6.17. The summed E-state index contributed by atoms with van der Waals surface area (Å²) in [5.74, 6) is 0.833. The summed E-state index contributed by atoms with van der Waals surface area (Å²) in [5, 5.41) is 3.46. The van der Waals surface area contributed by atoms with Crippen LogP contribution in [0.1, 0.15) is 24.2 Å². The number of nitrogens with one attached hydrogen (secondary N) is 1. The predicted molar refractivity (Wildman–Crippen MR) is 91.2 cm³/mol. The summed E-state index contributed by atoms with van der Waals surface area (Å²) in [6.07, 6.45) is 5.65. The Labute approximate surface area is 137 Å². The SMILES string of the molecule is C[C@@H](NCc1cnc(N2CCN(C)CC2)nc1)c1ccccn1. The van der Waals surface area contributed by atoms with Crippen LogP contribution in [0.2, 0.25) is 0 Å². The lowest BCUT2D eigenvalue weighted by Gasteiger charge is -2.32. The van der Waals surface area contributed by atoms with Crippen LogP contribution in [0, 0.1) is 0 Å². The Bertz CT molecular complexity index is 592. The molecular weight excluding hydrogens is 288 g/mol. The van der Waals surface area contributed by atoms with E-state index in [9.17, 15) is 0 Å². The van der Waals surface area contributed by atoms with E-state index in [2.05, 4.69) is 44.0 Å². The third-order valence-corrected chi connectivity index (χ3v) is 4.22. The van der Waals surface area contributed by atoms with E-state index in [-0.39, 0.29) is 6.04 Å². The van der Waals surface area contributed by atoms with Gasteiger partial charge in [0.05, 0.1) is 5.69 Å². The molecule has 1 atom stereocenters. The standard InChI is InChI=1S/C17H24N6/c1-14(16-5-3-4-6-18-16)19-11-15-12-20-17(21-13-15)23-9-7-22(2)8-10-23/h3-6,12-14,19H,7-11H2,1-2H3/t14-/m1/s1. The summed E-state index contributed by atoms with van der Waals surface area (Å²) in [7, 11) is 2.15. The van der Waals surface area contributed by atoms with Gasteiger partial charge in [-0.15, -0.1) is 0 Å². The van der Waals surface area contributed by atoms with Gasteiger partial charge in [-0.05, 0) is 26.1 Å². The minimum atomic E-state index is 0.202. The van der Waals surface area contributed by atoms with Crippen molar-refractivity contribution < 1.29 is 0 Å². The van der Waals surface area contributed by atoms with Crippen LogP contribution >= 0.6 is 0 Å². The zero-order valence-corrected chi connectivity index (χ0v) is 13.8. The second-order valence-corrected chi connectivity index (χ2v) is 6.04. The van der Waals surface area contributed by atoms with Crippen molar-refractivity contribution in [3.05, 3.63) is 48.0 Å². The van der Waals surface area contributed by atoms with Gasteiger partial charge in [-0.3, -0.25) is 4.98 Å². The number of piperazine rings is 1. The quantitative estimate of drug-likeness (QED) is 0.902. The number of hydrogen-bond acceptors (Lipinski definition) is 6. The van der Waals surface area contributed by atoms with E-state index < -0.39 is 0 Å². The molecule has 0 saturated carbocycles. The van der Waals surface area contributed by atoms with Gasteiger partial charge in [0.15, 0.2) is 0 Å². The van der Waals surface area contributed by atoms with Crippen LogP contribution in [0.25, 0.3) is 0 Å². The molecule has 23 heavy (non-hydrogen) atoms. The van der Waals surface area contributed by atoms with Crippen LogP contribution in [-0.2, 0) is 6.54 Å². The lowest BCUT2D eigenvalue weighted by Crippen LogP contribution is -2.45. The van der Waals surface area contributed by atoms with Gasteiger partial charge in [-0.25, -0.2) is 9.97 Å². The third-order valence-electron chi connectivity index (χ3n) is 4.22. The fraction of sp³-hybridized carbons (Fsp3) is 0.471. The normalized spacial score (nSPS) is 17.2. The van der Waals surface area contributed by atoms with E-state index in [0.717, 1.165) is 49.9 Å². The molecular formula is C17H24N6. The van der Waals surface area contributed by atoms with Crippen LogP contribution in [0.15, 0.2) is 36.8 Å². The van der Waals surface area contributed by atoms with Gasteiger partial charge in [0.2, 0.25) is 5.95 Å². The number of rotatable bonds is 5. The number of hydrogen-bond donors (Lipinski definition) is 1. The van der Waals surface area contributed by atoms with Gasteiger partial charge >= 0.3 is 0 Å². The van der Waals surface area contributed by atoms with Crippen LogP contribution in [0.4, 0.5) is 5.95 Å². The molecule has 1 N–H and O–H groups in total. The number of aromatic nitrogens is 3. The van der Waals surface area contributed by atoms with Crippen LogP contribution < -0.4 is 10.2 Å². The Kier molecular flexibility index (Phi) is 5.15. The smallest absolute Gasteiger partial charge is 0.225 e. The topological polar surface area (TPSA) is 57.2 Å². The molecule has 0 radical (unpaired) electrons. The average molecular weight is 312 g/mol. The first-order valence-corrected chi connectivity index (χ1v) is 8.11. The molecule has 0 spiro atoms. The Hall–Kier alpha value is -2.05. The maximum absolute atomic E-state index is 4.52. The fourth-order valence-electron chi connectivity index (χ4n) is 2.62. The first-order chi connectivity index (χ1) is 11.2. The van der Waals surface area contributed by atoms with Gasteiger partial charge in [0, 0.05) is 62.9 Å². The molecule has 122 valence electrons. The molecule has 2 aromatic rings. The van der Waals surface area contributed by atoms with Crippen molar-refractivity contribution in [2.45, 2.75) is 19.5 Å². The molecule has 0 amide bonds. The molecule has 1 saturated heterocycles. The van der Waals surface area contributed by atoms with Gasteiger partial charge in [0.1, 0.15) is 0 Å². The van der Waals surface area contributed by atoms with Crippen LogP contribution in [-0.4, -0.2) is 53.1 Å². The first kappa shape index (κ1) is 15.8. The molecule has 3 heterocycles. The summed E-state index contributed by atoms with van der Waals surface area (Å²) >= 11 is 0. The van der Waals surface area contributed by atoms with Crippen molar-refractivity contribution in [3.8, 4) is 0 Å². The number of anilines is 1. The molecule has 1 aliphatic heterocycles. The second-order valence-electron chi connectivity index (χ2n) is 6.04. The Morgan fingerprint density at radius 1 is 1.09 bits per heavy atom. The molecule has 2 aromatic heterocycles. The highest BCUT2D eigenvalue weighted by Gasteiger charge is 2.16. The van der Waals surface area contributed by atoms with Crippen LogP contribution in [0.3, 0.4) is 0 Å². The zero-order chi connectivity index (χ0) is 16.1. The maximum atomic E-state index is 4.52. The van der Waals surface area contributed by atoms with E-state index in [0.29, 0.717) is 0 Å². The molecule has 6 nitrogen and oxygen atoms in total. The fourth-order valence-corrected chi connectivity index (χ4v) is 2.62. The van der Waals surface area contributed by atoms with Gasteiger partial charge in [-0.1, -0.05) is 6.07 Å². The summed E-state index contributed by atoms with van der Waals surface area (Å²) in [5.41, 5.74) is 2.13. The molecule has 0 unspecified atom stereocenters. The Balaban J connectivity index is 1.53. The van der Waals surface area contributed by atoms with Crippen molar-refractivity contribution in [2.75, 3.05) is 38.1 Å². The highest BCUT2D eigenvalue weighted by atomic mass is 15.3. The Morgan fingerprint density at radius 3 is 2.48 bits per heavy atom. The van der Waals surface area contributed by atoms with Gasteiger partial charge in [0.25, 0.3) is 0 Å². The largest absolute Gasteiger partial charge is 0.338 e. The van der Waals surface area contributed by atoms with Crippen molar-refractivity contribution in [1.82, 2.24) is 25.2 Å². The van der Waals surface area contributed by atoms with Gasteiger partial charge in [-0.2, -0.15) is 0 Å². The number of nitrogens with zero attached hydrogens (tertiary/aromatic N) is 5. The lowest BCUT2D eigenvalue weighted by molar-refractivity contribution is 0.311. The summed E-state index contributed by atoms with van der Waals surface area (Å²) in [4.78, 5) is 18.0. The van der Waals surface area contributed by atoms with E-state index >= 15 is 0 Å². The summed E-state index contributed by atoms with van der Waals surface area (Å²) < 4.78 is 0. The number of likely N-dealkylation sites (N-methyl/N-ethyl adjacent to an activating group) is 1. The van der Waals surface area contributed by atoms with Crippen LogP contribution in [0.5, 0.6) is 0 Å². The van der Waals surface area contributed by atoms with Crippen molar-refractivity contribution in [2.24, 2.45) is 0 Å². The predicted octanol–water partition coefficient (Wildman–Crippen LogP) is 1.47. The molecule has 1 aliphatic rings. The number of pyridine rings is 1. The lowest BCUT2D eigenvalue weighted by atomic mass is 10.2. The average Bonchev–Trinajstić information content (AvgIpc) is 2.61. The Morgan fingerprint density at radius 2 is 1.83 bits per heavy atom. The van der Waals surface area contributed by atoms with E-state index in [1.807, 2.05) is 36.8 Å². The van der Waals surface area contributed by atoms with Gasteiger partial charge < -0.3 is 15.1 Å². The third kappa shape index (κ3) is 4.24. The molecule has 0 aliphatic carbocycles. The summed E-state index contributed by atoms with van der Waals surface area (Å²) in [6.45, 7) is 6.96. The molecule has 0 bridgehead atoms. The van der Waals surface area contributed by atoms with Crippen molar-refractivity contribution in [1.29, 1.82) is 0 Å². The minimum absolute atomic E-state index is 0.202. The van der Waals surface area contributed by atoms with E-state index in [1.165, 1.54) is 0 Å². The first-order valence-electron chi connectivity index (χ1n) is 8.11. The molecule has 6 heteroatoms. The second kappa shape index (κ2) is 7.48. The van der Waals surface area contributed by atoms with Crippen molar-refractivity contribution >= 4 is 5.95 Å². The minimum Gasteiger partial charge on any atom is -0.338 e. The van der Waals surface area contributed by atoms with Crippen molar-refractivity contribution in [3.63, 3.8) is 0 Å². The zero-order valence-electron chi connectivity index (χ0n) is 13.8. The highest BCUT2D eigenvalue weighted by molar-refractivity contribution is 5.30. The van der Waals surface area contributed by atoms with E-state index in [4.69, 9.17) is 0 Å². The molecule has 0 aromatic carbocycles. The monoisotopic (exact) mass is 312 g/mol. The molecule has 3 rings (SSSR count). The van der Waals surface area contributed by atoms with E-state index in [1.54, 1.807) is 0 Å². The molecule has 1 fully saturated rings. The highest BCUT2D eigenvalue weighted by Crippen LogP contribution is 2.12. The maximum Gasteiger partial charge on any atom is 0.225 e.